The number of aromatic carboxylic acids is 1. The van der Waals surface area contributed by atoms with Crippen molar-refractivity contribution in [3.8, 4) is 0 Å². The lowest BCUT2D eigenvalue weighted by Crippen LogP contribution is -2.33. The molecule has 1 aromatic carbocycles. The van der Waals surface area contributed by atoms with Crippen LogP contribution in [0.15, 0.2) is 18.2 Å². The number of hydrogen-bond acceptors (Lipinski definition) is 3. The fraction of sp³-hybridized carbons (Fsp3) is 0.385. The average molecular weight is 266 g/mol. The second kappa shape index (κ2) is 6.75. The maximum atomic E-state index is 11.8. The number of rotatable bonds is 5. The number of anilines is 1. The van der Waals surface area contributed by atoms with Gasteiger partial charge in [-0.2, -0.15) is 0 Å². The molecule has 6 nitrogen and oxygen atoms in total. The predicted octanol–water partition coefficient (Wildman–Crippen LogP) is 1.54. The number of carbonyl (C=O) groups is 2. The van der Waals surface area contributed by atoms with Crippen molar-refractivity contribution in [3.05, 3.63) is 29.3 Å². The number of aliphatic hydroxyl groups is 1. The van der Waals surface area contributed by atoms with E-state index in [2.05, 4.69) is 5.32 Å². The van der Waals surface area contributed by atoms with E-state index in [1.807, 2.05) is 0 Å². The van der Waals surface area contributed by atoms with Crippen molar-refractivity contribution >= 4 is 17.7 Å². The Morgan fingerprint density at radius 1 is 1.37 bits per heavy atom. The van der Waals surface area contributed by atoms with E-state index in [1.165, 1.54) is 11.0 Å². The summed E-state index contributed by atoms with van der Waals surface area (Å²) in [5, 5.41) is 20.3. The van der Waals surface area contributed by atoms with Gasteiger partial charge < -0.3 is 20.4 Å². The monoisotopic (exact) mass is 266 g/mol. The first-order valence-corrected chi connectivity index (χ1v) is 5.92. The van der Waals surface area contributed by atoms with Crippen LogP contribution in [-0.2, 0) is 0 Å². The van der Waals surface area contributed by atoms with E-state index in [4.69, 9.17) is 10.2 Å². The van der Waals surface area contributed by atoms with Gasteiger partial charge in [0.2, 0.25) is 0 Å². The quantitative estimate of drug-likeness (QED) is 0.754. The number of amides is 2. The van der Waals surface area contributed by atoms with Gasteiger partial charge in [-0.1, -0.05) is 11.6 Å². The third-order valence-electron chi connectivity index (χ3n) is 2.65. The largest absolute Gasteiger partial charge is 0.478 e. The zero-order chi connectivity index (χ0) is 14.4. The molecule has 0 saturated carbocycles. The van der Waals surface area contributed by atoms with Crippen LogP contribution >= 0.6 is 0 Å². The Bertz CT molecular complexity index is 474. The molecule has 0 aromatic heterocycles. The van der Waals surface area contributed by atoms with Crippen molar-refractivity contribution in [2.24, 2.45) is 0 Å². The van der Waals surface area contributed by atoms with E-state index < -0.39 is 12.0 Å². The summed E-state index contributed by atoms with van der Waals surface area (Å²) in [6.07, 6.45) is 0.476. The summed E-state index contributed by atoms with van der Waals surface area (Å²) in [5.41, 5.74) is 1.13. The van der Waals surface area contributed by atoms with Gasteiger partial charge in [0.05, 0.1) is 11.3 Å². The third kappa shape index (κ3) is 4.26. The average Bonchev–Trinajstić information content (AvgIpc) is 2.37. The fourth-order valence-corrected chi connectivity index (χ4v) is 1.56. The van der Waals surface area contributed by atoms with Crippen LogP contribution in [0.2, 0.25) is 0 Å². The minimum Gasteiger partial charge on any atom is -0.478 e. The summed E-state index contributed by atoms with van der Waals surface area (Å²) in [4.78, 5) is 24.3. The van der Waals surface area contributed by atoms with E-state index in [-0.39, 0.29) is 17.9 Å². The number of urea groups is 1. The highest BCUT2D eigenvalue weighted by atomic mass is 16.4. The Kier molecular flexibility index (Phi) is 5.32. The fourth-order valence-electron chi connectivity index (χ4n) is 1.56. The zero-order valence-corrected chi connectivity index (χ0v) is 11.0. The Labute approximate surface area is 111 Å². The van der Waals surface area contributed by atoms with E-state index in [9.17, 15) is 9.59 Å². The molecule has 1 aromatic rings. The normalized spacial score (nSPS) is 10.1. The molecule has 104 valence electrons. The van der Waals surface area contributed by atoms with E-state index in [1.54, 1.807) is 26.1 Å². The maximum absolute atomic E-state index is 11.8. The molecule has 0 aliphatic heterocycles. The molecule has 2 amide bonds. The summed E-state index contributed by atoms with van der Waals surface area (Å²) in [6.45, 7) is 2.19. The molecule has 0 atom stereocenters. The van der Waals surface area contributed by atoms with Gasteiger partial charge in [0, 0.05) is 20.2 Å². The molecule has 6 heteroatoms. The molecular weight excluding hydrogens is 248 g/mol. The van der Waals surface area contributed by atoms with Crippen LogP contribution in [0.25, 0.3) is 0 Å². The van der Waals surface area contributed by atoms with Crippen molar-refractivity contribution in [2.75, 3.05) is 25.5 Å². The number of benzene rings is 1. The molecule has 0 bridgehead atoms. The van der Waals surface area contributed by atoms with Crippen LogP contribution in [0.3, 0.4) is 0 Å². The van der Waals surface area contributed by atoms with Crippen LogP contribution in [-0.4, -0.2) is 47.3 Å². The standard InChI is InChI=1S/C13H18N2O4/c1-9-4-5-11(10(8-9)12(17)18)14-13(19)15(2)6-3-7-16/h4-5,8,16H,3,6-7H2,1-2H3,(H,14,19)(H,17,18). The van der Waals surface area contributed by atoms with Crippen LogP contribution in [0.5, 0.6) is 0 Å². The second-order valence-corrected chi connectivity index (χ2v) is 4.28. The van der Waals surface area contributed by atoms with Gasteiger partial charge in [-0.15, -0.1) is 0 Å². The lowest BCUT2D eigenvalue weighted by Gasteiger charge is -2.18. The Balaban J connectivity index is 2.81. The van der Waals surface area contributed by atoms with Gasteiger partial charge >= 0.3 is 12.0 Å². The lowest BCUT2D eigenvalue weighted by atomic mass is 10.1. The highest BCUT2D eigenvalue weighted by Gasteiger charge is 2.14. The minimum atomic E-state index is -1.09. The molecule has 0 aliphatic carbocycles. The van der Waals surface area contributed by atoms with Crippen LogP contribution < -0.4 is 5.32 Å². The number of aryl methyl sites for hydroxylation is 1. The summed E-state index contributed by atoms with van der Waals surface area (Å²) in [7, 11) is 1.58. The zero-order valence-electron chi connectivity index (χ0n) is 11.0. The van der Waals surface area contributed by atoms with Crippen LogP contribution in [0.1, 0.15) is 22.3 Å². The van der Waals surface area contributed by atoms with E-state index in [0.29, 0.717) is 13.0 Å². The van der Waals surface area contributed by atoms with Gasteiger partial charge in [-0.25, -0.2) is 9.59 Å². The number of nitrogens with one attached hydrogen (secondary N) is 1. The molecule has 0 aliphatic rings. The predicted molar refractivity (Wildman–Crippen MR) is 71.5 cm³/mol. The summed E-state index contributed by atoms with van der Waals surface area (Å²) in [6, 6.07) is 4.40. The third-order valence-corrected chi connectivity index (χ3v) is 2.65. The lowest BCUT2D eigenvalue weighted by molar-refractivity contribution is 0.0698. The van der Waals surface area contributed by atoms with Crippen molar-refractivity contribution in [3.63, 3.8) is 0 Å². The van der Waals surface area contributed by atoms with E-state index >= 15 is 0 Å². The number of hydrogen-bond donors (Lipinski definition) is 3. The first-order valence-electron chi connectivity index (χ1n) is 5.92. The molecule has 19 heavy (non-hydrogen) atoms. The molecule has 0 heterocycles. The molecule has 0 spiro atoms. The van der Waals surface area contributed by atoms with Crippen molar-refractivity contribution in [1.29, 1.82) is 0 Å². The molecule has 0 radical (unpaired) electrons. The van der Waals surface area contributed by atoms with Crippen molar-refractivity contribution in [2.45, 2.75) is 13.3 Å². The summed E-state index contributed by atoms with van der Waals surface area (Å²) >= 11 is 0. The molecule has 0 unspecified atom stereocenters. The molecule has 0 fully saturated rings. The number of carboxylic acid groups (broad SMARTS) is 1. The SMILES string of the molecule is Cc1ccc(NC(=O)N(C)CCCO)c(C(=O)O)c1. The molecule has 3 N–H and O–H groups in total. The molecular formula is C13H18N2O4. The smallest absolute Gasteiger partial charge is 0.337 e. The highest BCUT2D eigenvalue weighted by molar-refractivity contribution is 6.00. The van der Waals surface area contributed by atoms with Crippen molar-refractivity contribution < 1.29 is 19.8 Å². The van der Waals surface area contributed by atoms with Gasteiger partial charge in [0.15, 0.2) is 0 Å². The van der Waals surface area contributed by atoms with Gasteiger partial charge in [-0.05, 0) is 25.5 Å². The van der Waals surface area contributed by atoms with Crippen LogP contribution in [0.4, 0.5) is 10.5 Å². The van der Waals surface area contributed by atoms with Crippen LogP contribution in [0, 0.1) is 6.92 Å². The number of aliphatic hydroxyl groups excluding tert-OH is 1. The second-order valence-electron chi connectivity index (χ2n) is 4.28. The summed E-state index contributed by atoms with van der Waals surface area (Å²) < 4.78 is 0. The Morgan fingerprint density at radius 2 is 2.05 bits per heavy atom. The first-order chi connectivity index (χ1) is 8.95. The Hall–Kier alpha value is -2.08. The topological polar surface area (TPSA) is 89.9 Å². The minimum absolute atomic E-state index is 0.00251. The number of carboxylic acids is 1. The number of carbonyl (C=O) groups excluding carboxylic acids is 1. The van der Waals surface area contributed by atoms with Gasteiger partial charge in [0.1, 0.15) is 0 Å². The molecule has 0 saturated heterocycles. The maximum Gasteiger partial charge on any atom is 0.337 e. The van der Waals surface area contributed by atoms with Gasteiger partial charge in [0.25, 0.3) is 0 Å². The molecule has 1 rings (SSSR count). The van der Waals surface area contributed by atoms with E-state index in [0.717, 1.165) is 5.56 Å². The Morgan fingerprint density at radius 3 is 2.63 bits per heavy atom. The first kappa shape index (κ1) is 15.0. The number of nitrogens with zero attached hydrogens (tertiary/aromatic N) is 1. The van der Waals surface area contributed by atoms with Gasteiger partial charge in [-0.3, -0.25) is 0 Å². The summed E-state index contributed by atoms with van der Waals surface area (Å²) in [5.74, 6) is -1.09. The highest BCUT2D eigenvalue weighted by Crippen LogP contribution is 2.17. The van der Waals surface area contributed by atoms with Crippen molar-refractivity contribution in [1.82, 2.24) is 4.90 Å².